The Balaban J connectivity index is 2.22. The molecule has 0 amide bonds. The summed E-state index contributed by atoms with van der Waals surface area (Å²) in [5, 5.41) is 0. The van der Waals surface area contributed by atoms with E-state index in [1.165, 1.54) is 11.6 Å². The Labute approximate surface area is 101 Å². The van der Waals surface area contributed by atoms with E-state index < -0.39 is 0 Å². The first-order chi connectivity index (χ1) is 8.19. The number of nitrogens with two attached hydrogens (primary N) is 1. The third-order valence-corrected chi connectivity index (χ3v) is 2.80. The Morgan fingerprint density at radius 2 is 1.76 bits per heavy atom. The van der Waals surface area contributed by atoms with Gasteiger partial charge in [0.25, 0.3) is 5.56 Å². The number of anilines is 1. The minimum absolute atomic E-state index is 0.0652. The van der Waals surface area contributed by atoms with Crippen LogP contribution in [-0.4, -0.2) is 4.57 Å². The summed E-state index contributed by atoms with van der Waals surface area (Å²) in [6.45, 7) is 2.71. The summed E-state index contributed by atoms with van der Waals surface area (Å²) in [6.07, 6.45) is 2.76. The lowest BCUT2D eigenvalue weighted by molar-refractivity contribution is 0.760. The molecule has 17 heavy (non-hydrogen) atoms. The standard InChI is InChI=1S/C14H16N2O/c1-2-11-3-5-12(6-4-11)10-16-8-7-13(15)9-14(16)17/h3-9H,2,10,15H2,1H3. The number of pyridine rings is 1. The van der Waals surface area contributed by atoms with Crippen LogP contribution >= 0.6 is 0 Å². The Morgan fingerprint density at radius 1 is 1.12 bits per heavy atom. The average molecular weight is 228 g/mol. The summed E-state index contributed by atoms with van der Waals surface area (Å²) < 4.78 is 1.65. The summed E-state index contributed by atoms with van der Waals surface area (Å²) in [6, 6.07) is 11.5. The van der Waals surface area contributed by atoms with E-state index in [-0.39, 0.29) is 5.56 Å². The highest BCUT2D eigenvalue weighted by Crippen LogP contribution is 2.06. The van der Waals surface area contributed by atoms with Crippen LogP contribution in [0.1, 0.15) is 18.1 Å². The van der Waals surface area contributed by atoms with Gasteiger partial charge in [0, 0.05) is 18.0 Å². The highest BCUT2D eigenvalue weighted by molar-refractivity contribution is 5.34. The van der Waals surface area contributed by atoms with E-state index in [9.17, 15) is 4.79 Å². The summed E-state index contributed by atoms with van der Waals surface area (Å²) >= 11 is 0. The van der Waals surface area contributed by atoms with E-state index in [2.05, 4.69) is 31.2 Å². The quantitative estimate of drug-likeness (QED) is 0.874. The molecule has 1 heterocycles. The minimum Gasteiger partial charge on any atom is -0.399 e. The second-order valence-corrected chi connectivity index (χ2v) is 4.10. The van der Waals surface area contributed by atoms with Crippen LogP contribution in [0.2, 0.25) is 0 Å². The number of benzene rings is 1. The van der Waals surface area contributed by atoms with Crippen molar-refractivity contribution in [2.45, 2.75) is 19.9 Å². The zero-order valence-corrected chi connectivity index (χ0v) is 9.89. The van der Waals surface area contributed by atoms with Crippen molar-refractivity contribution in [3.8, 4) is 0 Å². The fraction of sp³-hybridized carbons (Fsp3) is 0.214. The molecule has 0 unspecified atom stereocenters. The predicted molar refractivity (Wildman–Crippen MR) is 70.0 cm³/mol. The summed E-state index contributed by atoms with van der Waals surface area (Å²) in [4.78, 5) is 11.7. The molecular formula is C14H16N2O. The SMILES string of the molecule is CCc1ccc(Cn2ccc(N)cc2=O)cc1. The zero-order chi connectivity index (χ0) is 12.3. The van der Waals surface area contributed by atoms with Crippen LogP contribution < -0.4 is 11.3 Å². The van der Waals surface area contributed by atoms with Gasteiger partial charge in [-0.25, -0.2) is 0 Å². The minimum atomic E-state index is -0.0652. The van der Waals surface area contributed by atoms with Crippen molar-refractivity contribution in [3.63, 3.8) is 0 Å². The largest absolute Gasteiger partial charge is 0.399 e. The maximum atomic E-state index is 11.7. The van der Waals surface area contributed by atoms with Crippen molar-refractivity contribution < 1.29 is 0 Å². The van der Waals surface area contributed by atoms with Gasteiger partial charge in [0.2, 0.25) is 0 Å². The molecule has 0 radical (unpaired) electrons. The van der Waals surface area contributed by atoms with Crippen molar-refractivity contribution in [1.29, 1.82) is 0 Å². The lowest BCUT2D eigenvalue weighted by Gasteiger charge is -2.06. The Morgan fingerprint density at radius 3 is 2.35 bits per heavy atom. The van der Waals surface area contributed by atoms with Gasteiger partial charge in [-0.1, -0.05) is 31.2 Å². The average Bonchev–Trinajstić information content (AvgIpc) is 2.34. The summed E-state index contributed by atoms with van der Waals surface area (Å²) in [7, 11) is 0. The number of hydrogen-bond acceptors (Lipinski definition) is 2. The van der Waals surface area contributed by atoms with Crippen LogP contribution in [0.15, 0.2) is 47.4 Å². The van der Waals surface area contributed by atoms with Crippen LogP contribution in [0.25, 0.3) is 0 Å². The topological polar surface area (TPSA) is 48.0 Å². The number of rotatable bonds is 3. The van der Waals surface area contributed by atoms with Gasteiger partial charge in [0.1, 0.15) is 0 Å². The second kappa shape index (κ2) is 4.87. The lowest BCUT2D eigenvalue weighted by Crippen LogP contribution is -2.19. The van der Waals surface area contributed by atoms with Gasteiger partial charge in [0.15, 0.2) is 0 Å². The highest BCUT2D eigenvalue weighted by atomic mass is 16.1. The Hall–Kier alpha value is -2.03. The summed E-state index contributed by atoms with van der Waals surface area (Å²) in [5.74, 6) is 0. The first-order valence-corrected chi connectivity index (χ1v) is 5.73. The van der Waals surface area contributed by atoms with Gasteiger partial charge >= 0.3 is 0 Å². The first-order valence-electron chi connectivity index (χ1n) is 5.73. The molecule has 2 rings (SSSR count). The van der Waals surface area contributed by atoms with Crippen molar-refractivity contribution in [2.75, 3.05) is 5.73 Å². The van der Waals surface area contributed by atoms with Gasteiger partial charge in [-0.3, -0.25) is 4.79 Å². The number of nitrogen functional groups attached to an aromatic ring is 1. The van der Waals surface area contributed by atoms with E-state index >= 15 is 0 Å². The smallest absolute Gasteiger partial charge is 0.252 e. The first kappa shape index (κ1) is 11.5. The van der Waals surface area contributed by atoms with Crippen LogP contribution in [-0.2, 0) is 13.0 Å². The molecule has 0 atom stereocenters. The van der Waals surface area contributed by atoms with Gasteiger partial charge in [-0.15, -0.1) is 0 Å². The van der Waals surface area contributed by atoms with Crippen LogP contribution in [0.4, 0.5) is 5.69 Å². The molecule has 0 saturated carbocycles. The Bertz CT molecular complexity index is 555. The third-order valence-electron chi connectivity index (χ3n) is 2.80. The third kappa shape index (κ3) is 2.75. The Kier molecular flexibility index (Phi) is 3.28. The fourth-order valence-electron chi connectivity index (χ4n) is 1.73. The number of aryl methyl sites for hydroxylation is 1. The van der Waals surface area contributed by atoms with Gasteiger partial charge in [0.05, 0.1) is 6.54 Å². The maximum Gasteiger partial charge on any atom is 0.252 e. The lowest BCUT2D eigenvalue weighted by atomic mass is 10.1. The van der Waals surface area contributed by atoms with Gasteiger partial charge in [-0.2, -0.15) is 0 Å². The monoisotopic (exact) mass is 228 g/mol. The molecule has 0 fully saturated rings. The number of nitrogens with zero attached hydrogens (tertiary/aromatic N) is 1. The molecule has 0 saturated heterocycles. The van der Waals surface area contributed by atoms with Crippen LogP contribution in [0.3, 0.4) is 0 Å². The molecule has 2 aromatic rings. The van der Waals surface area contributed by atoms with Crippen LogP contribution in [0.5, 0.6) is 0 Å². The molecule has 0 bridgehead atoms. The molecule has 2 N–H and O–H groups in total. The molecule has 0 aliphatic heterocycles. The summed E-state index contributed by atoms with van der Waals surface area (Å²) in [5.41, 5.74) is 8.41. The molecule has 3 heteroatoms. The maximum absolute atomic E-state index is 11.7. The highest BCUT2D eigenvalue weighted by Gasteiger charge is 1.98. The van der Waals surface area contributed by atoms with Crippen LogP contribution in [0, 0.1) is 0 Å². The van der Waals surface area contributed by atoms with Crippen molar-refractivity contribution >= 4 is 5.69 Å². The zero-order valence-electron chi connectivity index (χ0n) is 9.89. The molecule has 0 aliphatic carbocycles. The van der Waals surface area contributed by atoms with Gasteiger partial charge < -0.3 is 10.3 Å². The van der Waals surface area contributed by atoms with Crippen molar-refractivity contribution in [1.82, 2.24) is 4.57 Å². The molecule has 0 aliphatic rings. The van der Waals surface area contributed by atoms with Crippen molar-refractivity contribution in [2.24, 2.45) is 0 Å². The van der Waals surface area contributed by atoms with E-state index in [1.807, 2.05) is 0 Å². The normalized spacial score (nSPS) is 10.4. The predicted octanol–water partition coefficient (Wildman–Crippen LogP) is 2.04. The van der Waals surface area contributed by atoms with E-state index in [0.29, 0.717) is 12.2 Å². The van der Waals surface area contributed by atoms with E-state index in [0.717, 1.165) is 12.0 Å². The molecule has 1 aromatic carbocycles. The molecule has 0 spiro atoms. The van der Waals surface area contributed by atoms with Gasteiger partial charge in [-0.05, 0) is 23.6 Å². The fourth-order valence-corrected chi connectivity index (χ4v) is 1.73. The molecular weight excluding hydrogens is 212 g/mol. The molecule has 1 aromatic heterocycles. The van der Waals surface area contributed by atoms with Crippen molar-refractivity contribution in [3.05, 3.63) is 64.1 Å². The molecule has 88 valence electrons. The second-order valence-electron chi connectivity index (χ2n) is 4.10. The number of hydrogen-bond donors (Lipinski definition) is 1. The van der Waals surface area contributed by atoms with E-state index in [1.54, 1.807) is 16.8 Å². The van der Waals surface area contributed by atoms with E-state index in [4.69, 9.17) is 5.73 Å². The number of aromatic nitrogens is 1. The molecule has 3 nitrogen and oxygen atoms in total.